The first kappa shape index (κ1) is 19.5. The van der Waals surface area contributed by atoms with Crippen LogP contribution in [0.1, 0.15) is 10.6 Å². The molecule has 1 unspecified atom stereocenters. The van der Waals surface area contributed by atoms with Crippen LogP contribution in [0.15, 0.2) is 28.8 Å². The van der Waals surface area contributed by atoms with Crippen molar-refractivity contribution in [3.63, 3.8) is 0 Å². The number of benzene rings is 1. The number of carbonyl (C=O) groups excluding carboxylic acids is 1. The smallest absolute Gasteiger partial charge is 0.294 e. The van der Waals surface area contributed by atoms with Crippen LogP contribution in [-0.4, -0.2) is 53.3 Å². The molecule has 0 fully saturated rings. The summed E-state index contributed by atoms with van der Waals surface area (Å²) in [5.41, 5.74) is -0.0699. The molecule has 2 rings (SSSR count). The van der Waals surface area contributed by atoms with Crippen molar-refractivity contribution in [1.29, 1.82) is 0 Å². The first-order valence-electron chi connectivity index (χ1n) is 7.12. The monoisotopic (exact) mass is 390 g/mol. The van der Waals surface area contributed by atoms with Gasteiger partial charge in [0.15, 0.2) is 0 Å². The molecule has 1 aromatic heterocycles. The predicted molar refractivity (Wildman–Crippen MR) is 85.6 cm³/mol. The van der Waals surface area contributed by atoms with Crippen LogP contribution in [0.4, 0.5) is 10.1 Å². The molecule has 1 aromatic carbocycles. The third-order valence-corrected chi connectivity index (χ3v) is 3.96. The molecule has 142 valence electrons. The van der Waals surface area contributed by atoms with E-state index in [1.807, 2.05) is 0 Å². The fourth-order valence-electron chi connectivity index (χ4n) is 1.88. The summed E-state index contributed by atoms with van der Waals surface area (Å²) in [7, 11) is -4.36. The molecule has 0 saturated heterocycles. The van der Waals surface area contributed by atoms with Gasteiger partial charge in [-0.2, -0.15) is 8.42 Å². The number of amides is 1. The second-order valence-electron chi connectivity index (χ2n) is 5.26. The van der Waals surface area contributed by atoms with Gasteiger partial charge in [-0.3, -0.25) is 13.7 Å². The number of rotatable bonds is 8. The molecule has 2 aromatic rings. The lowest BCUT2D eigenvalue weighted by Gasteiger charge is -2.10. The highest BCUT2D eigenvalue weighted by Crippen LogP contribution is 2.27. The van der Waals surface area contributed by atoms with E-state index in [1.165, 1.54) is 12.1 Å². The normalized spacial score (nSPS) is 12.5. The Labute approximate surface area is 146 Å². The Hall–Kier alpha value is -2.86. The number of hydrogen-bond acceptors (Lipinski definition) is 8. The summed E-state index contributed by atoms with van der Waals surface area (Å²) >= 11 is 0. The predicted octanol–water partition coefficient (Wildman–Crippen LogP) is 1.19. The molecule has 4 N–H and O–H groups in total. The molecule has 0 bridgehead atoms. The van der Waals surface area contributed by atoms with Crippen LogP contribution in [0.2, 0.25) is 0 Å². The maximum atomic E-state index is 12.7. The van der Waals surface area contributed by atoms with Gasteiger partial charge in [-0.15, -0.1) is 0 Å². The quantitative estimate of drug-likeness (QED) is 0.295. The van der Waals surface area contributed by atoms with E-state index in [0.717, 1.165) is 12.1 Å². The van der Waals surface area contributed by atoms with E-state index in [4.69, 9.17) is 13.8 Å². The molecule has 0 aliphatic carbocycles. The minimum absolute atomic E-state index is 0.0699. The topological polar surface area (TPSA) is 159 Å². The molecular formula is C14H15FN2O8S. The van der Waals surface area contributed by atoms with E-state index < -0.39 is 41.0 Å². The molecule has 12 heteroatoms. The van der Waals surface area contributed by atoms with Crippen molar-refractivity contribution < 1.29 is 41.6 Å². The van der Waals surface area contributed by atoms with Crippen molar-refractivity contribution in [2.75, 3.05) is 24.4 Å². The minimum atomic E-state index is -4.36. The van der Waals surface area contributed by atoms with E-state index in [9.17, 15) is 27.8 Å². The Kier molecular flexibility index (Phi) is 6.00. The number of hydrogen-bond donors (Lipinski definition) is 4. The van der Waals surface area contributed by atoms with Gasteiger partial charge in [0.05, 0.1) is 30.8 Å². The molecule has 1 heterocycles. The van der Waals surface area contributed by atoms with Gasteiger partial charge in [-0.1, -0.05) is 0 Å². The Morgan fingerprint density at radius 3 is 2.73 bits per heavy atom. The zero-order chi connectivity index (χ0) is 19.3. The highest BCUT2D eigenvalue weighted by Gasteiger charge is 2.20. The molecule has 1 atom stereocenters. The summed E-state index contributed by atoms with van der Waals surface area (Å²) in [6, 6.07) is 4.57. The maximum Gasteiger partial charge on any atom is 0.294 e. The summed E-state index contributed by atoms with van der Waals surface area (Å²) in [5.74, 6) is -3.75. The fraction of sp³-hybridized carbons (Fsp3) is 0.286. The van der Waals surface area contributed by atoms with Gasteiger partial charge < -0.3 is 24.8 Å². The minimum Gasteiger partial charge on any atom is -0.508 e. The van der Waals surface area contributed by atoms with Crippen LogP contribution >= 0.6 is 0 Å². The summed E-state index contributed by atoms with van der Waals surface area (Å²) in [5, 5.41) is 24.6. The number of anilines is 1. The SMILES string of the molecule is O=C(Nc1cc(O)ccc1O)c1cc(OCC(CF)CS(=O)(=O)O)no1. The Morgan fingerprint density at radius 2 is 2.08 bits per heavy atom. The number of nitrogens with one attached hydrogen (secondary N) is 1. The van der Waals surface area contributed by atoms with Crippen molar-refractivity contribution >= 4 is 21.7 Å². The molecule has 0 saturated carbocycles. The highest BCUT2D eigenvalue weighted by atomic mass is 32.2. The summed E-state index contributed by atoms with van der Waals surface area (Å²) in [4.78, 5) is 12.0. The van der Waals surface area contributed by atoms with Crippen molar-refractivity contribution in [2.24, 2.45) is 5.92 Å². The Bertz CT molecular complexity index is 883. The third-order valence-electron chi connectivity index (χ3n) is 3.07. The second kappa shape index (κ2) is 8.01. The first-order chi connectivity index (χ1) is 12.2. The second-order valence-corrected chi connectivity index (χ2v) is 6.76. The van der Waals surface area contributed by atoms with Crippen molar-refractivity contribution in [1.82, 2.24) is 5.16 Å². The number of aromatic nitrogens is 1. The van der Waals surface area contributed by atoms with Gasteiger partial charge in [0.1, 0.15) is 11.5 Å². The van der Waals surface area contributed by atoms with Crippen molar-refractivity contribution in [2.45, 2.75) is 0 Å². The summed E-state index contributed by atoms with van der Waals surface area (Å²) in [6.07, 6.45) is 0. The largest absolute Gasteiger partial charge is 0.508 e. The van der Waals surface area contributed by atoms with Gasteiger partial charge in [0.25, 0.3) is 21.9 Å². The zero-order valence-corrected chi connectivity index (χ0v) is 13.9. The molecule has 0 spiro atoms. The van der Waals surface area contributed by atoms with Gasteiger partial charge >= 0.3 is 0 Å². The number of phenolic OH excluding ortho intramolecular Hbond substituents is 2. The van der Waals surface area contributed by atoms with Gasteiger partial charge in [0, 0.05) is 12.0 Å². The van der Waals surface area contributed by atoms with Gasteiger partial charge in [-0.05, 0) is 17.3 Å². The number of halogens is 1. The lowest BCUT2D eigenvalue weighted by molar-refractivity contribution is 0.0987. The summed E-state index contributed by atoms with van der Waals surface area (Å²) < 4.78 is 52.7. The number of phenols is 2. The average Bonchev–Trinajstić information content (AvgIpc) is 3.03. The molecular weight excluding hydrogens is 375 g/mol. The van der Waals surface area contributed by atoms with E-state index in [0.29, 0.717) is 0 Å². The van der Waals surface area contributed by atoms with Crippen LogP contribution in [0.3, 0.4) is 0 Å². The lowest BCUT2D eigenvalue weighted by Crippen LogP contribution is -2.23. The number of aromatic hydroxyl groups is 2. The van der Waals surface area contributed by atoms with Crippen LogP contribution in [-0.2, 0) is 10.1 Å². The molecule has 26 heavy (non-hydrogen) atoms. The fourth-order valence-corrected chi connectivity index (χ4v) is 2.66. The molecule has 10 nitrogen and oxygen atoms in total. The van der Waals surface area contributed by atoms with E-state index in [-0.39, 0.29) is 28.8 Å². The Morgan fingerprint density at radius 1 is 1.35 bits per heavy atom. The van der Waals surface area contributed by atoms with E-state index >= 15 is 0 Å². The standard InChI is InChI=1S/C14H15FN2O8S/c15-5-8(7-26(21,22)23)6-24-13-4-12(25-17-13)14(20)16-10-3-9(18)1-2-11(10)19/h1-4,8,18-19H,5-7H2,(H,16,20)(H,21,22,23). The van der Waals surface area contributed by atoms with Crippen molar-refractivity contribution in [3.8, 4) is 17.4 Å². The van der Waals surface area contributed by atoms with E-state index in [2.05, 4.69) is 10.5 Å². The average molecular weight is 390 g/mol. The number of ether oxygens (including phenoxy) is 1. The number of alkyl halides is 1. The first-order valence-corrected chi connectivity index (χ1v) is 8.73. The van der Waals surface area contributed by atoms with Crippen LogP contribution in [0.5, 0.6) is 17.4 Å². The molecule has 0 radical (unpaired) electrons. The number of nitrogens with zero attached hydrogens (tertiary/aromatic N) is 1. The number of carbonyl (C=O) groups is 1. The molecule has 0 aliphatic rings. The van der Waals surface area contributed by atoms with Crippen molar-refractivity contribution in [3.05, 3.63) is 30.0 Å². The molecule has 0 aliphatic heterocycles. The third kappa shape index (κ3) is 5.60. The summed E-state index contributed by atoms with van der Waals surface area (Å²) in [6.45, 7) is -1.47. The van der Waals surface area contributed by atoms with Gasteiger partial charge in [-0.25, -0.2) is 0 Å². The van der Waals surface area contributed by atoms with Crippen LogP contribution in [0.25, 0.3) is 0 Å². The molecule has 1 amide bonds. The maximum absolute atomic E-state index is 12.7. The lowest BCUT2D eigenvalue weighted by atomic mass is 10.2. The van der Waals surface area contributed by atoms with E-state index in [1.54, 1.807) is 0 Å². The van der Waals surface area contributed by atoms with Crippen LogP contribution in [0, 0.1) is 5.92 Å². The highest BCUT2D eigenvalue weighted by molar-refractivity contribution is 7.85. The Balaban J connectivity index is 1.98. The van der Waals surface area contributed by atoms with Gasteiger partial charge in [0.2, 0.25) is 5.76 Å². The van der Waals surface area contributed by atoms with Crippen LogP contribution < -0.4 is 10.1 Å². The zero-order valence-electron chi connectivity index (χ0n) is 13.1.